The molecule has 0 atom stereocenters. The van der Waals surface area contributed by atoms with E-state index in [-0.39, 0.29) is 47.0 Å². The molecule has 0 aliphatic heterocycles. The van der Waals surface area contributed by atoms with Gasteiger partial charge in [-0.05, 0) is 0 Å². The van der Waals surface area contributed by atoms with Crippen LogP contribution in [0.3, 0.4) is 0 Å². The van der Waals surface area contributed by atoms with E-state index in [0.717, 1.165) is 0 Å². The van der Waals surface area contributed by atoms with Gasteiger partial charge in [0.2, 0.25) is 0 Å². The van der Waals surface area contributed by atoms with Crippen molar-refractivity contribution in [3.05, 3.63) is 0 Å². The second-order valence-electron chi connectivity index (χ2n) is 0. The van der Waals surface area contributed by atoms with Gasteiger partial charge in [-0.2, -0.15) is 0 Å². The van der Waals surface area contributed by atoms with Crippen LogP contribution in [-0.4, -0.2) is 73.6 Å². The van der Waals surface area contributed by atoms with Gasteiger partial charge in [-0.15, -0.1) is 0 Å². The zero-order valence-corrected chi connectivity index (χ0v) is 12.9. The maximum atomic E-state index is 6.00. The van der Waals surface area contributed by atoms with E-state index in [4.69, 9.17) is 73.6 Å². The minimum absolute atomic E-state index is 0. The molecule has 0 rings (SSSR count). The Balaban J connectivity index is -0.00000000408. The van der Waals surface area contributed by atoms with Crippen molar-refractivity contribution >= 4 is 0 Å². The summed E-state index contributed by atoms with van der Waals surface area (Å²) in [5.41, 5.74) is 0. The second-order valence-corrected chi connectivity index (χ2v) is 0. The van der Waals surface area contributed by atoms with Gasteiger partial charge < -0.3 is 0 Å². The normalized spacial score (nSPS) is 2.47. The monoisotopic (exact) mass is 626 g/mol. The third kappa shape index (κ3) is 6900. The Hall–Kier alpha value is 0.725. The molecule has 0 aromatic carbocycles. The van der Waals surface area contributed by atoms with E-state index < -0.39 is 0 Å². The van der Waals surface area contributed by atoms with Crippen LogP contribution in [0, 0.1) is 0 Å². The molecule has 0 saturated heterocycles. The van der Waals surface area contributed by atoms with Crippen molar-refractivity contribution in [3.8, 4) is 0 Å². The quantitative estimate of drug-likeness (QED) is 0.121. The molecule has 0 aliphatic rings. The molecule has 0 aliphatic carbocycles. The van der Waals surface area contributed by atoms with Gasteiger partial charge in [-0.3, -0.25) is 73.6 Å². The summed E-state index contributed by atoms with van der Waals surface area (Å²) in [6.45, 7) is 0. The van der Waals surface area contributed by atoms with E-state index in [1.54, 1.807) is 0 Å². The van der Waals surface area contributed by atoms with Crippen molar-refractivity contribution in [2.24, 2.45) is 0 Å². The Morgan fingerprint density at radius 1 is 0.235 bits per heavy atom. The minimum atomic E-state index is 0. The van der Waals surface area contributed by atoms with Gasteiger partial charge in [0.25, 0.3) is 0 Å². The summed E-state index contributed by atoms with van der Waals surface area (Å²) >= 11 is 0. The summed E-state index contributed by atoms with van der Waals surface area (Å²) in [5, 5.41) is 84.0. The fourth-order valence-corrected chi connectivity index (χ4v) is 0. The number of hydrogen-bond donors (Lipinski definition) is 14. The molecule has 0 bridgehead atoms. The molecule has 0 heterocycles. The Labute approximate surface area is 121 Å². The topological polar surface area (TPSA) is 314 Å². The van der Waals surface area contributed by atoms with Crippen LogP contribution < -0.4 is 6.15 Å². The molecule has 0 aromatic heterocycles. The van der Waals surface area contributed by atoms with E-state index >= 15 is 0 Å². The predicted octanol–water partition coefficient (Wildman–Crippen LogP) is -0.364. The van der Waals surface area contributed by atoms with E-state index in [1.807, 2.05) is 0 Å². The van der Waals surface area contributed by atoms with E-state index in [0.29, 0.717) is 0 Å². The second kappa shape index (κ2) is 7870. The molecule has 14 N–H and O–H groups in total. The van der Waals surface area contributed by atoms with Crippen molar-refractivity contribution in [1.29, 1.82) is 0 Å². The van der Waals surface area contributed by atoms with Crippen LogP contribution in [0.1, 0.15) is 0 Å². The smallest absolute Gasteiger partial charge is 0 e. The van der Waals surface area contributed by atoms with Crippen LogP contribution in [0.25, 0.3) is 0 Å². The van der Waals surface area contributed by atoms with Gasteiger partial charge in [-0.25, -0.2) is 0 Å². The van der Waals surface area contributed by atoms with Gasteiger partial charge >= 0.3 is 0 Å². The molecule has 0 amide bonds. The fourth-order valence-electron chi connectivity index (χ4n) is 0. The van der Waals surface area contributed by atoms with Gasteiger partial charge in [0.05, 0.1) is 0 Å². The third-order valence-electron chi connectivity index (χ3n) is 0. The third-order valence-corrected chi connectivity index (χ3v) is 0. The zero-order chi connectivity index (χ0) is 14.0. The summed E-state index contributed by atoms with van der Waals surface area (Å²) in [6, 6.07) is 0. The standard InChI is InChI=1S/N.7H2O2.2Re/c;7*1-2;;/h;7*1-2H;;. The van der Waals surface area contributed by atoms with Gasteiger partial charge in [-0.1, -0.05) is 0 Å². The molecule has 17 heavy (non-hydrogen) atoms. The van der Waals surface area contributed by atoms with Crippen LogP contribution in [-0.2, 0) is 40.8 Å². The fraction of sp³-hybridized carbons (Fsp3) is 0. The first-order valence-corrected chi connectivity index (χ1v) is 1.40. The van der Waals surface area contributed by atoms with Crippen molar-refractivity contribution in [1.82, 2.24) is 6.15 Å². The molecule has 0 fully saturated rings. The minimum Gasteiger partial charge on any atom is -0.255 e. The van der Waals surface area contributed by atoms with Crippen LogP contribution >= 0.6 is 0 Å². The average molecular weight is 625 g/mol. The number of nitrogens with zero attached hydrogens (tertiary/aromatic N) is 1. The Morgan fingerprint density at radius 3 is 0.235 bits per heavy atom. The summed E-state index contributed by atoms with van der Waals surface area (Å²) in [7, 11) is 0. The largest absolute Gasteiger partial charge is 0.255 e. The Morgan fingerprint density at radius 2 is 0.235 bits per heavy atom. The molecule has 0 spiro atoms. The maximum Gasteiger partial charge on any atom is 0 e. The van der Waals surface area contributed by atoms with E-state index in [1.165, 1.54) is 0 Å². The van der Waals surface area contributed by atoms with Crippen LogP contribution in [0.2, 0.25) is 0 Å². The van der Waals surface area contributed by atoms with Gasteiger partial charge in [0, 0.05) is 47.0 Å². The van der Waals surface area contributed by atoms with E-state index in [9.17, 15) is 0 Å². The average Bonchev–Trinajstić information content (AvgIpc) is 2.45. The number of rotatable bonds is 0. The Kier molecular flexibility index (Phi) is 38500. The first-order valence-electron chi connectivity index (χ1n) is 1.40. The molecule has 17 heteroatoms. The van der Waals surface area contributed by atoms with Gasteiger partial charge in [0.15, 0.2) is 0 Å². The molecule has 117 valence electrons. The number of hydrogen-bond acceptors (Lipinski definition) is 14. The van der Waals surface area contributed by atoms with Crippen molar-refractivity contribution in [2.75, 3.05) is 0 Å². The summed E-state index contributed by atoms with van der Waals surface area (Å²) in [4.78, 5) is 0. The van der Waals surface area contributed by atoms with Crippen LogP contribution in [0.4, 0.5) is 0 Å². The molecular weight excluding hydrogens is 610 g/mol. The first kappa shape index (κ1) is 83.1. The molecule has 15 nitrogen and oxygen atoms in total. The molecule has 0 aromatic rings. The Bertz CT molecular complexity index is 14.2. The van der Waals surface area contributed by atoms with Crippen LogP contribution in [0.5, 0.6) is 0 Å². The van der Waals surface area contributed by atoms with Crippen LogP contribution in [0.15, 0.2) is 0 Å². The van der Waals surface area contributed by atoms with Gasteiger partial charge in [0.1, 0.15) is 0 Å². The molecular formula is H14NO14Re2. The van der Waals surface area contributed by atoms with Crippen molar-refractivity contribution < 1.29 is 114 Å². The maximum absolute atomic E-state index is 6.00. The predicted molar refractivity (Wildman–Crippen MR) is 38.9 cm³/mol. The molecule has 0 unspecified atom stereocenters. The van der Waals surface area contributed by atoms with Crippen molar-refractivity contribution in [2.45, 2.75) is 0 Å². The SMILES string of the molecule is OO.OO.OO.OO.OO.OO.OO.[N].[Re].[Re]. The summed E-state index contributed by atoms with van der Waals surface area (Å²) in [6.07, 6.45) is 0. The molecule has 5 radical (unpaired) electrons. The zero-order valence-electron chi connectivity index (χ0n) is 7.46. The summed E-state index contributed by atoms with van der Waals surface area (Å²) in [5.74, 6) is 0. The van der Waals surface area contributed by atoms with E-state index in [2.05, 4.69) is 0 Å². The van der Waals surface area contributed by atoms with Crippen molar-refractivity contribution in [3.63, 3.8) is 0 Å². The first-order chi connectivity index (χ1) is 7.00. The summed E-state index contributed by atoms with van der Waals surface area (Å²) < 4.78 is 0. The molecule has 0 saturated carbocycles.